The fourth-order valence-electron chi connectivity index (χ4n) is 2.66. The zero-order chi connectivity index (χ0) is 21.1. The summed E-state index contributed by atoms with van der Waals surface area (Å²) in [7, 11) is 0. The molecule has 5 nitrogen and oxygen atoms in total. The molecule has 2 aromatic rings. The number of para-hydroxylation sites is 1. The minimum absolute atomic E-state index is 0.130. The van der Waals surface area contributed by atoms with Gasteiger partial charge in [0.05, 0.1) is 18.3 Å². The van der Waals surface area contributed by atoms with Crippen molar-refractivity contribution in [2.45, 2.75) is 51.7 Å². The molecule has 0 aliphatic carbocycles. The van der Waals surface area contributed by atoms with Crippen LogP contribution < -0.4 is 4.74 Å². The number of carbonyl (C=O) groups is 1. The lowest BCUT2D eigenvalue weighted by molar-refractivity contribution is 0.0697. The minimum Gasteiger partial charge on any atom is -0.478 e. The molecule has 1 saturated heterocycles. The van der Waals surface area contributed by atoms with Crippen LogP contribution in [0.5, 0.6) is 5.75 Å². The summed E-state index contributed by atoms with van der Waals surface area (Å²) in [5.74, 6) is -0.116. The first kappa shape index (κ1) is 22.8. The number of thiocarbonyl (C=S) groups is 1. The van der Waals surface area contributed by atoms with Crippen LogP contribution in [-0.4, -0.2) is 35.1 Å². The van der Waals surface area contributed by atoms with Gasteiger partial charge in [-0.15, -0.1) is 0 Å². The number of epoxide rings is 1. The Morgan fingerprint density at radius 2 is 1.86 bits per heavy atom. The van der Waals surface area contributed by atoms with Crippen molar-refractivity contribution in [3.8, 4) is 5.75 Å². The summed E-state index contributed by atoms with van der Waals surface area (Å²) in [5, 5.41) is 8.60. The van der Waals surface area contributed by atoms with E-state index >= 15 is 0 Å². The van der Waals surface area contributed by atoms with E-state index in [1.54, 1.807) is 30.3 Å². The van der Waals surface area contributed by atoms with E-state index < -0.39 is 5.97 Å². The first-order valence-electron chi connectivity index (χ1n) is 9.83. The SMILES string of the molecule is CCC(CCC[C@H]1CO1)OC(=S)Oc1ccccc1C.O=C(O)c1ccccc1. The van der Waals surface area contributed by atoms with Gasteiger partial charge in [0.25, 0.3) is 0 Å². The molecular weight excluding hydrogens is 388 g/mol. The van der Waals surface area contributed by atoms with Crippen LogP contribution in [-0.2, 0) is 9.47 Å². The zero-order valence-corrected chi connectivity index (χ0v) is 17.7. The molecule has 156 valence electrons. The molecule has 0 amide bonds. The van der Waals surface area contributed by atoms with Crippen molar-refractivity contribution >= 4 is 23.4 Å². The number of rotatable bonds is 8. The molecule has 1 heterocycles. The lowest BCUT2D eigenvalue weighted by Gasteiger charge is -2.18. The van der Waals surface area contributed by atoms with E-state index in [0.717, 1.165) is 43.6 Å². The Kier molecular flexibility index (Phi) is 9.60. The maximum atomic E-state index is 10.2. The Balaban J connectivity index is 0.000000278. The van der Waals surface area contributed by atoms with Gasteiger partial charge in [-0.2, -0.15) is 0 Å². The summed E-state index contributed by atoms with van der Waals surface area (Å²) < 4.78 is 16.5. The van der Waals surface area contributed by atoms with E-state index in [0.29, 0.717) is 11.7 Å². The van der Waals surface area contributed by atoms with Crippen LogP contribution in [0.3, 0.4) is 0 Å². The highest BCUT2D eigenvalue weighted by atomic mass is 32.1. The summed E-state index contributed by atoms with van der Waals surface area (Å²) in [5.41, 5.74) is 1.38. The second kappa shape index (κ2) is 12.2. The third-order valence-electron chi connectivity index (χ3n) is 4.48. The van der Waals surface area contributed by atoms with Crippen molar-refractivity contribution < 1.29 is 24.1 Å². The normalized spacial score (nSPS) is 15.4. The molecule has 0 aromatic heterocycles. The molecule has 3 rings (SSSR count). The van der Waals surface area contributed by atoms with Crippen molar-refractivity contribution in [2.24, 2.45) is 0 Å². The molecule has 0 radical (unpaired) electrons. The molecule has 29 heavy (non-hydrogen) atoms. The van der Waals surface area contributed by atoms with Crippen molar-refractivity contribution in [1.82, 2.24) is 0 Å². The molecule has 1 N–H and O–H groups in total. The molecule has 1 unspecified atom stereocenters. The van der Waals surface area contributed by atoms with Crippen molar-refractivity contribution in [3.63, 3.8) is 0 Å². The van der Waals surface area contributed by atoms with Gasteiger partial charge in [-0.3, -0.25) is 0 Å². The van der Waals surface area contributed by atoms with Crippen LogP contribution >= 0.6 is 12.2 Å². The maximum absolute atomic E-state index is 10.2. The van der Waals surface area contributed by atoms with Crippen LogP contribution in [0.1, 0.15) is 48.5 Å². The molecule has 0 spiro atoms. The average molecular weight is 417 g/mol. The summed E-state index contributed by atoms with van der Waals surface area (Å²) in [6.45, 7) is 5.02. The first-order chi connectivity index (χ1) is 14.0. The molecule has 0 bridgehead atoms. The monoisotopic (exact) mass is 416 g/mol. The Morgan fingerprint density at radius 3 is 2.41 bits per heavy atom. The second-order valence-electron chi connectivity index (χ2n) is 6.82. The molecule has 2 atom stereocenters. The van der Waals surface area contributed by atoms with Gasteiger partial charge in [0.15, 0.2) is 0 Å². The lowest BCUT2D eigenvalue weighted by Crippen LogP contribution is -2.20. The van der Waals surface area contributed by atoms with E-state index in [1.165, 1.54) is 0 Å². The Bertz CT molecular complexity index is 774. The van der Waals surface area contributed by atoms with Crippen LogP contribution in [0.4, 0.5) is 0 Å². The second-order valence-corrected chi connectivity index (χ2v) is 7.16. The number of benzene rings is 2. The van der Waals surface area contributed by atoms with Gasteiger partial charge in [-0.1, -0.05) is 43.3 Å². The van der Waals surface area contributed by atoms with E-state index in [-0.39, 0.29) is 11.3 Å². The van der Waals surface area contributed by atoms with Gasteiger partial charge in [0.1, 0.15) is 11.9 Å². The van der Waals surface area contributed by atoms with E-state index in [9.17, 15) is 4.79 Å². The highest BCUT2D eigenvalue weighted by Crippen LogP contribution is 2.20. The first-order valence-corrected chi connectivity index (χ1v) is 10.2. The highest BCUT2D eigenvalue weighted by molar-refractivity contribution is 7.79. The fraction of sp³-hybridized carbons (Fsp3) is 0.391. The van der Waals surface area contributed by atoms with E-state index in [4.69, 9.17) is 31.5 Å². The summed E-state index contributed by atoms with van der Waals surface area (Å²) >= 11 is 5.18. The molecular formula is C23H28O5S. The molecule has 1 aliphatic heterocycles. The molecule has 0 saturated carbocycles. The summed E-state index contributed by atoms with van der Waals surface area (Å²) in [6.07, 6.45) is 4.77. The number of hydrogen-bond donors (Lipinski definition) is 1. The van der Waals surface area contributed by atoms with Gasteiger partial charge < -0.3 is 19.3 Å². The largest absolute Gasteiger partial charge is 0.478 e. The van der Waals surface area contributed by atoms with Crippen LogP contribution in [0.2, 0.25) is 0 Å². The third-order valence-corrected chi connectivity index (χ3v) is 4.66. The van der Waals surface area contributed by atoms with Gasteiger partial charge in [0, 0.05) is 12.2 Å². The Morgan fingerprint density at radius 1 is 1.21 bits per heavy atom. The van der Waals surface area contributed by atoms with Crippen LogP contribution in [0.15, 0.2) is 54.6 Å². The van der Waals surface area contributed by atoms with Gasteiger partial charge in [-0.25, -0.2) is 4.79 Å². The lowest BCUT2D eigenvalue weighted by atomic mass is 10.1. The Labute approximate surface area is 177 Å². The van der Waals surface area contributed by atoms with Gasteiger partial charge in [-0.05, 0) is 56.4 Å². The topological polar surface area (TPSA) is 68.3 Å². The fourth-order valence-corrected chi connectivity index (χ4v) is 2.88. The number of carboxylic acids is 1. The van der Waals surface area contributed by atoms with Crippen molar-refractivity contribution in [1.29, 1.82) is 0 Å². The standard InChI is InChI=1S/C16H22O3S.C7H6O2/c1-3-13(8-6-9-14-11-17-14)18-16(20)19-15-10-5-4-7-12(15)2;8-7(9)6-4-2-1-3-5-6/h4-5,7,10,13-14H,3,6,8-9,11H2,1-2H3;1-5H,(H,8,9)/t13?,14-;/m0./s1. The van der Waals surface area contributed by atoms with Crippen LogP contribution in [0, 0.1) is 6.92 Å². The number of aromatic carboxylic acids is 1. The predicted octanol–water partition coefficient (Wildman–Crippen LogP) is 5.41. The van der Waals surface area contributed by atoms with Crippen LogP contribution in [0.25, 0.3) is 0 Å². The molecule has 6 heteroatoms. The quantitative estimate of drug-likeness (QED) is 0.458. The number of hydrogen-bond acceptors (Lipinski definition) is 5. The van der Waals surface area contributed by atoms with E-state index in [2.05, 4.69) is 6.92 Å². The predicted molar refractivity (Wildman–Crippen MR) is 117 cm³/mol. The summed E-state index contributed by atoms with van der Waals surface area (Å²) in [6, 6.07) is 16.1. The minimum atomic E-state index is -0.879. The number of ether oxygens (including phenoxy) is 3. The molecule has 1 aliphatic rings. The maximum Gasteiger partial charge on any atom is 0.358 e. The van der Waals surface area contributed by atoms with E-state index in [1.807, 2.05) is 31.2 Å². The number of carboxylic acid groups (broad SMARTS) is 1. The highest BCUT2D eigenvalue weighted by Gasteiger charge is 2.22. The smallest absolute Gasteiger partial charge is 0.358 e. The van der Waals surface area contributed by atoms with Crippen molar-refractivity contribution in [2.75, 3.05) is 6.61 Å². The molecule has 1 fully saturated rings. The third kappa shape index (κ3) is 9.07. The number of aryl methyl sites for hydroxylation is 1. The van der Waals surface area contributed by atoms with Gasteiger partial charge in [0.2, 0.25) is 0 Å². The average Bonchev–Trinajstić information content (AvgIpc) is 3.54. The summed E-state index contributed by atoms with van der Waals surface area (Å²) in [4.78, 5) is 10.2. The zero-order valence-electron chi connectivity index (χ0n) is 16.9. The molecule has 2 aromatic carbocycles. The Hall–Kier alpha value is -2.44. The van der Waals surface area contributed by atoms with Gasteiger partial charge >= 0.3 is 11.2 Å². The van der Waals surface area contributed by atoms with Crippen molar-refractivity contribution in [3.05, 3.63) is 65.7 Å².